The van der Waals surface area contributed by atoms with Crippen LogP contribution in [0.1, 0.15) is 21.7 Å². The zero-order valence-corrected chi connectivity index (χ0v) is 25.9. The number of carboxylic acids is 1. The van der Waals surface area contributed by atoms with Crippen LogP contribution in [-0.4, -0.2) is 60.9 Å². The van der Waals surface area contributed by atoms with E-state index in [-0.39, 0.29) is 0 Å². The van der Waals surface area contributed by atoms with Gasteiger partial charge in [0.05, 0.1) is 18.4 Å². The van der Waals surface area contributed by atoms with Gasteiger partial charge in [-0.25, -0.2) is 9.78 Å². The lowest BCUT2D eigenvalue weighted by Gasteiger charge is -2.36. The van der Waals surface area contributed by atoms with Crippen LogP contribution in [0.3, 0.4) is 0 Å². The monoisotopic (exact) mass is 643 g/mol. The highest BCUT2D eigenvalue weighted by atomic mass is 32.2. The second kappa shape index (κ2) is 13.9. The molecule has 1 aromatic heterocycles. The minimum Gasteiger partial charge on any atom is -0.497 e. The van der Waals surface area contributed by atoms with Gasteiger partial charge in [0.25, 0.3) is 0 Å². The number of aryl methyl sites for hydroxylation is 1. The number of hydrogen-bond donors (Lipinski definition) is 1. The molecule has 1 aliphatic heterocycles. The molecule has 0 unspecified atom stereocenters. The van der Waals surface area contributed by atoms with Crippen LogP contribution in [0.25, 0.3) is 10.6 Å². The van der Waals surface area contributed by atoms with Crippen LogP contribution in [0.4, 0.5) is 18.9 Å². The molecular formula is C32H32F3N3O4S2. The molecule has 0 saturated carbocycles. The number of thiazole rings is 1. The number of thioether (sulfide) groups is 1. The number of nitrogens with zero attached hydrogens (tertiary/aromatic N) is 3. The molecule has 0 atom stereocenters. The first-order chi connectivity index (χ1) is 21.1. The highest BCUT2D eigenvalue weighted by Gasteiger charge is 2.30. The highest BCUT2D eigenvalue weighted by molar-refractivity contribution is 7.98. The van der Waals surface area contributed by atoms with E-state index in [9.17, 15) is 18.0 Å². The van der Waals surface area contributed by atoms with Crippen LogP contribution >= 0.6 is 23.1 Å². The predicted molar refractivity (Wildman–Crippen MR) is 167 cm³/mol. The molecule has 2 heterocycles. The summed E-state index contributed by atoms with van der Waals surface area (Å²) in [5.41, 5.74) is 2.88. The van der Waals surface area contributed by atoms with Gasteiger partial charge in [0.1, 0.15) is 16.5 Å². The molecule has 1 aliphatic rings. The first kappa shape index (κ1) is 31.7. The van der Waals surface area contributed by atoms with Crippen LogP contribution in [-0.2, 0) is 23.3 Å². The first-order valence-corrected chi connectivity index (χ1v) is 15.7. The van der Waals surface area contributed by atoms with Crippen molar-refractivity contribution in [3.05, 3.63) is 88.4 Å². The maximum atomic E-state index is 13.1. The molecule has 3 aromatic carbocycles. The average molecular weight is 644 g/mol. The number of alkyl halides is 3. The molecule has 0 radical (unpaired) electrons. The molecule has 0 spiro atoms. The minimum atomic E-state index is -4.39. The van der Waals surface area contributed by atoms with Crippen molar-refractivity contribution in [2.24, 2.45) is 0 Å². The van der Waals surface area contributed by atoms with E-state index in [0.29, 0.717) is 28.6 Å². The number of aromatic nitrogens is 1. The number of anilines is 1. The molecule has 1 fully saturated rings. The molecule has 44 heavy (non-hydrogen) atoms. The summed E-state index contributed by atoms with van der Waals surface area (Å²) in [6.45, 7) is 5.53. The predicted octanol–water partition coefficient (Wildman–Crippen LogP) is 7.22. The van der Waals surface area contributed by atoms with Crippen LogP contribution < -0.4 is 14.4 Å². The number of carboxylic acid groups (broad SMARTS) is 1. The lowest BCUT2D eigenvalue weighted by atomic mass is 10.1. The number of rotatable bonds is 11. The Morgan fingerprint density at radius 1 is 1.02 bits per heavy atom. The van der Waals surface area contributed by atoms with Crippen LogP contribution in [0.15, 0.2) is 71.6 Å². The van der Waals surface area contributed by atoms with E-state index in [4.69, 9.17) is 19.6 Å². The molecular weight excluding hydrogens is 611 g/mol. The summed E-state index contributed by atoms with van der Waals surface area (Å²) in [4.78, 5) is 22.5. The van der Waals surface area contributed by atoms with Gasteiger partial charge in [-0.3, -0.25) is 4.90 Å². The molecule has 0 amide bonds. The largest absolute Gasteiger partial charge is 0.497 e. The van der Waals surface area contributed by atoms with E-state index >= 15 is 0 Å². The van der Waals surface area contributed by atoms with E-state index in [2.05, 4.69) is 21.9 Å². The van der Waals surface area contributed by atoms with Gasteiger partial charge in [0, 0.05) is 59.5 Å². The number of carbonyl (C=O) groups is 1. The fourth-order valence-corrected chi connectivity index (χ4v) is 7.05. The topological polar surface area (TPSA) is 75.1 Å². The summed E-state index contributed by atoms with van der Waals surface area (Å²) in [7, 11) is 1.65. The molecule has 5 rings (SSSR count). The van der Waals surface area contributed by atoms with E-state index in [0.717, 1.165) is 70.8 Å². The van der Waals surface area contributed by atoms with Crippen molar-refractivity contribution in [2.45, 2.75) is 30.3 Å². The third-order valence-electron chi connectivity index (χ3n) is 7.29. The summed E-state index contributed by atoms with van der Waals surface area (Å²) >= 11 is 3.13. The smallest absolute Gasteiger partial charge is 0.416 e. The Balaban J connectivity index is 1.31. The zero-order chi connectivity index (χ0) is 31.3. The Hall–Kier alpha value is -3.74. The van der Waals surface area contributed by atoms with Crippen LogP contribution in [0.5, 0.6) is 11.5 Å². The van der Waals surface area contributed by atoms with Gasteiger partial charge < -0.3 is 19.5 Å². The number of ether oxygens (including phenoxy) is 2. The Morgan fingerprint density at radius 3 is 2.34 bits per heavy atom. The SMILES string of the molecule is COc1ccc(N2CCN(Cc3nc(-c4ccc(C(F)(F)F)cc4)sc3CSc3ccc(OCC(=O)O)c(C)c3)CC2)cc1. The number of halogens is 3. The lowest BCUT2D eigenvalue weighted by molar-refractivity contribution is -0.139. The van der Waals surface area contributed by atoms with Gasteiger partial charge >= 0.3 is 12.1 Å². The Labute approximate surface area is 262 Å². The Bertz CT molecular complexity index is 1570. The van der Waals surface area contributed by atoms with Crippen molar-refractivity contribution in [1.29, 1.82) is 0 Å². The third kappa shape index (κ3) is 8.04. The first-order valence-electron chi connectivity index (χ1n) is 13.9. The minimum absolute atomic E-state index is 0.404. The number of benzene rings is 3. The van der Waals surface area contributed by atoms with Crippen molar-refractivity contribution in [3.63, 3.8) is 0 Å². The van der Waals surface area contributed by atoms with Gasteiger partial charge in [-0.15, -0.1) is 23.1 Å². The molecule has 1 saturated heterocycles. The molecule has 0 aliphatic carbocycles. The Morgan fingerprint density at radius 2 is 1.73 bits per heavy atom. The zero-order valence-electron chi connectivity index (χ0n) is 24.3. The van der Waals surface area contributed by atoms with Crippen molar-refractivity contribution in [1.82, 2.24) is 9.88 Å². The summed E-state index contributed by atoms with van der Waals surface area (Å²) in [6, 6.07) is 18.8. The summed E-state index contributed by atoms with van der Waals surface area (Å²) in [5.74, 6) is 0.941. The lowest BCUT2D eigenvalue weighted by Crippen LogP contribution is -2.46. The molecule has 4 aromatic rings. The molecule has 12 heteroatoms. The van der Waals surface area contributed by atoms with Crippen LogP contribution in [0.2, 0.25) is 0 Å². The van der Waals surface area contributed by atoms with E-state index < -0.39 is 24.3 Å². The van der Waals surface area contributed by atoms with E-state index in [1.807, 2.05) is 31.2 Å². The summed E-state index contributed by atoms with van der Waals surface area (Å²) in [6.07, 6.45) is -4.39. The molecule has 0 bridgehead atoms. The summed E-state index contributed by atoms with van der Waals surface area (Å²) < 4.78 is 50.1. The normalized spacial score (nSPS) is 14.1. The van der Waals surface area contributed by atoms with Gasteiger partial charge in [-0.2, -0.15) is 13.2 Å². The fraction of sp³-hybridized carbons (Fsp3) is 0.312. The van der Waals surface area contributed by atoms with Gasteiger partial charge in [0.15, 0.2) is 6.61 Å². The summed E-state index contributed by atoms with van der Waals surface area (Å²) in [5, 5.41) is 9.59. The maximum Gasteiger partial charge on any atom is 0.416 e. The molecule has 1 N–H and O–H groups in total. The third-order valence-corrected chi connectivity index (χ3v) is 9.64. The fourth-order valence-electron chi connectivity index (χ4n) is 4.88. The van der Waals surface area contributed by atoms with Gasteiger partial charge in [-0.1, -0.05) is 12.1 Å². The number of hydrogen-bond acceptors (Lipinski definition) is 8. The molecule has 7 nitrogen and oxygen atoms in total. The molecule has 232 valence electrons. The number of methoxy groups -OCH3 is 1. The van der Waals surface area contributed by atoms with E-state index in [1.54, 1.807) is 24.9 Å². The second-order valence-electron chi connectivity index (χ2n) is 10.3. The van der Waals surface area contributed by atoms with Gasteiger partial charge in [0.2, 0.25) is 0 Å². The van der Waals surface area contributed by atoms with E-state index in [1.165, 1.54) is 23.5 Å². The van der Waals surface area contributed by atoms with Crippen molar-refractivity contribution >= 4 is 34.8 Å². The number of aliphatic carboxylic acids is 1. The van der Waals surface area contributed by atoms with Crippen molar-refractivity contribution in [3.8, 4) is 22.1 Å². The Kier molecular flexibility index (Phi) is 10.0. The van der Waals surface area contributed by atoms with Crippen LogP contribution in [0, 0.1) is 6.92 Å². The highest BCUT2D eigenvalue weighted by Crippen LogP contribution is 2.36. The van der Waals surface area contributed by atoms with Gasteiger partial charge in [-0.05, 0) is 67.1 Å². The maximum absolute atomic E-state index is 13.1. The standard InChI is InChI=1S/C32H32F3N3O4S2/c1-21-17-26(11-12-28(21)42-19-30(39)40)43-20-29-27(36-31(44-29)22-3-5-23(6-4-22)32(33,34)35)18-37-13-15-38(16-14-37)24-7-9-25(41-2)10-8-24/h3-12,17H,13-16,18-20H2,1-2H3,(H,39,40). The quantitative estimate of drug-likeness (QED) is 0.172. The second-order valence-corrected chi connectivity index (χ2v) is 12.5. The van der Waals surface area contributed by atoms with Crippen molar-refractivity contribution < 1.29 is 32.5 Å². The van der Waals surface area contributed by atoms with Crippen molar-refractivity contribution in [2.75, 3.05) is 44.8 Å². The average Bonchev–Trinajstić information content (AvgIpc) is 3.42. The number of piperazine rings is 1.